The fraction of sp³-hybridized carbons (Fsp3) is 0.208. The molecule has 1 aliphatic rings. The van der Waals surface area contributed by atoms with Crippen molar-refractivity contribution in [2.24, 2.45) is 0 Å². The van der Waals surface area contributed by atoms with E-state index in [0.717, 1.165) is 5.69 Å². The first-order chi connectivity index (χ1) is 16.2. The molecular formula is C24H22N6O2S. The van der Waals surface area contributed by atoms with Crippen LogP contribution in [0.2, 0.25) is 0 Å². The van der Waals surface area contributed by atoms with E-state index in [-0.39, 0.29) is 17.2 Å². The Morgan fingerprint density at radius 2 is 1.58 bits per heavy atom. The summed E-state index contributed by atoms with van der Waals surface area (Å²) in [7, 11) is 0. The minimum Gasteiger partial charge on any atom is -0.338 e. The summed E-state index contributed by atoms with van der Waals surface area (Å²) >= 11 is 1.29. The molecule has 1 amide bonds. The molecule has 4 aromatic rings. The Hall–Kier alpha value is -3.72. The number of anilines is 1. The van der Waals surface area contributed by atoms with Gasteiger partial charge in [0.1, 0.15) is 0 Å². The van der Waals surface area contributed by atoms with Crippen molar-refractivity contribution in [1.29, 1.82) is 0 Å². The Labute approximate surface area is 194 Å². The molecule has 0 saturated carbocycles. The van der Waals surface area contributed by atoms with Gasteiger partial charge in [-0.3, -0.25) is 14.2 Å². The van der Waals surface area contributed by atoms with Crippen molar-refractivity contribution in [2.45, 2.75) is 5.16 Å². The van der Waals surface area contributed by atoms with E-state index < -0.39 is 0 Å². The number of para-hydroxylation sites is 2. The third kappa shape index (κ3) is 4.45. The van der Waals surface area contributed by atoms with Crippen molar-refractivity contribution in [1.82, 2.24) is 24.4 Å². The minimum atomic E-state index is -0.141. The lowest BCUT2D eigenvalue weighted by atomic mass is 10.2. The van der Waals surface area contributed by atoms with E-state index in [1.807, 2.05) is 53.4 Å². The van der Waals surface area contributed by atoms with Gasteiger partial charge in [0.25, 0.3) is 5.56 Å². The summed E-state index contributed by atoms with van der Waals surface area (Å²) in [5, 5.41) is 1.06. The van der Waals surface area contributed by atoms with Crippen molar-refractivity contribution >= 4 is 34.5 Å². The first-order valence-electron chi connectivity index (χ1n) is 10.7. The third-order valence-corrected chi connectivity index (χ3v) is 6.47. The average Bonchev–Trinajstić information content (AvgIpc) is 2.88. The van der Waals surface area contributed by atoms with E-state index in [1.54, 1.807) is 29.1 Å². The number of thioether (sulfide) groups is 1. The average molecular weight is 459 g/mol. The van der Waals surface area contributed by atoms with E-state index in [4.69, 9.17) is 4.98 Å². The number of fused-ring (bicyclic) bond motifs is 1. The second-order valence-corrected chi connectivity index (χ2v) is 8.54. The first kappa shape index (κ1) is 21.1. The van der Waals surface area contributed by atoms with Crippen molar-refractivity contribution in [3.8, 4) is 5.69 Å². The lowest BCUT2D eigenvalue weighted by Gasteiger charge is -2.34. The highest BCUT2D eigenvalue weighted by Gasteiger charge is 2.23. The normalized spacial score (nSPS) is 13.9. The SMILES string of the molecule is O=C(CSc1nc2ccccc2c(=O)n1-c1ccccc1)N1CCN(c2ncccn2)CC1. The number of rotatable bonds is 5. The number of benzene rings is 2. The van der Waals surface area contributed by atoms with Crippen LogP contribution in [-0.4, -0.2) is 62.3 Å². The van der Waals surface area contributed by atoms with Crippen LogP contribution in [0.25, 0.3) is 16.6 Å². The zero-order chi connectivity index (χ0) is 22.6. The Bertz CT molecular complexity index is 1320. The summed E-state index contributed by atoms with van der Waals surface area (Å²) in [6.07, 6.45) is 3.44. The molecule has 3 heterocycles. The van der Waals surface area contributed by atoms with Gasteiger partial charge in [-0.05, 0) is 30.3 Å². The van der Waals surface area contributed by atoms with Crippen LogP contribution < -0.4 is 10.5 Å². The lowest BCUT2D eigenvalue weighted by Crippen LogP contribution is -2.49. The highest BCUT2D eigenvalue weighted by Crippen LogP contribution is 2.22. The highest BCUT2D eigenvalue weighted by molar-refractivity contribution is 7.99. The van der Waals surface area contributed by atoms with E-state index in [9.17, 15) is 9.59 Å². The van der Waals surface area contributed by atoms with Gasteiger partial charge >= 0.3 is 0 Å². The van der Waals surface area contributed by atoms with Gasteiger partial charge in [-0.25, -0.2) is 15.0 Å². The molecule has 2 aromatic carbocycles. The number of hydrogen-bond donors (Lipinski definition) is 0. The molecule has 0 atom stereocenters. The second kappa shape index (κ2) is 9.41. The van der Waals surface area contributed by atoms with Gasteiger partial charge in [0.2, 0.25) is 11.9 Å². The number of carbonyl (C=O) groups is 1. The fourth-order valence-corrected chi connectivity index (χ4v) is 4.76. The van der Waals surface area contributed by atoms with Crippen LogP contribution in [0.1, 0.15) is 0 Å². The van der Waals surface area contributed by atoms with E-state index in [1.165, 1.54) is 11.8 Å². The number of carbonyl (C=O) groups excluding carboxylic acids is 1. The molecule has 0 N–H and O–H groups in total. The monoisotopic (exact) mass is 458 g/mol. The molecule has 9 heteroatoms. The Morgan fingerprint density at radius 1 is 0.879 bits per heavy atom. The highest BCUT2D eigenvalue weighted by atomic mass is 32.2. The zero-order valence-corrected chi connectivity index (χ0v) is 18.7. The first-order valence-corrected chi connectivity index (χ1v) is 11.7. The van der Waals surface area contributed by atoms with Gasteiger partial charge in [-0.1, -0.05) is 42.1 Å². The van der Waals surface area contributed by atoms with Crippen LogP contribution in [0.5, 0.6) is 0 Å². The van der Waals surface area contributed by atoms with Crippen molar-refractivity contribution in [3.63, 3.8) is 0 Å². The van der Waals surface area contributed by atoms with E-state index in [0.29, 0.717) is 48.2 Å². The lowest BCUT2D eigenvalue weighted by molar-refractivity contribution is -0.128. The third-order valence-electron chi connectivity index (χ3n) is 5.55. The quantitative estimate of drug-likeness (QED) is 0.336. The van der Waals surface area contributed by atoms with Crippen LogP contribution in [0.3, 0.4) is 0 Å². The maximum atomic E-state index is 13.3. The summed E-state index contributed by atoms with van der Waals surface area (Å²) in [6, 6.07) is 18.5. The molecule has 1 aliphatic heterocycles. The van der Waals surface area contributed by atoms with Gasteiger partial charge in [-0.15, -0.1) is 0 Å². The summed E-state index contributed by atoms with van der Waals surface area (Å²) in [4.78, 5) is 43.4. The standard InChI is InChI=1S/C24H22N6O2S/c31-21(28-13-15-29(16-14-28)23-25-11-6-12-26-23)17-33-24-27-20-10-5-4-9-19(20)22(32)30(24)18-7-2-1-3-8-18/h1-12H,13-17H2. The molecular weight excluding hydrogens is 436 g/mol. The summed E-state index contributed by atoms with van der Waals surface area (Å²) in [5.41, 5.74) is 1.21. The van der Waals surface area contributed by atoms with Gasteiger partial charge in [-0.2, -0.15) is 0 Å². The van der Waals surface area contributed by atoms with Crippen LogP contribution in [0, 0.1) is 0 Å². The predicted octanol–water partition coefficient (Wildman–Crippen LogP) is 2.62. The largest absolute Gasteiger partial charge is 0.338 e. The molecule has 0 unspecified atom stereocenters. The van der Waals surface area contributed by atoms with Crippen LogP contribution in [-0.2, 0) is 4.79 Å². The molecule has 5 rings (SSSR count). The minimum absolute atomic E-state index is 0.0237. The molecule has 1 fully saturated rings. The number of piperazine rings is 1. The predicted molar refractivity (Wildman–Crippen MR) is 129 cm³/mol. The number of amides is 1. The van der Waals surface area contributed by atoms with E-state index >= 15 is 0 Å². The molecule has 1 saturated heterocycles. The van der Waals surface area contributed by atoms with Crippen molar-refractivity contribution < 1.29 is 4.79 Å². The van der Waals surface area contributed by atoms with Gasteiger partial charge < -0.3 is 9.80 Å². The van der Waals surface area contributed by atoms with Crippen molar-refractivity contribution in [3.05, 3.63) is 83.4 Å². The summed E-state index contributed by atoms with van der Waals surface area (Å²) in [5.74, 6) is 0.918. The Balaban J connectivity index is 1.33. The Morgan fingerprint density at radius 3 is 2.33 bits per heavy atom. The van der Waals surface area contributed by atoms with Crippen LogP contribution in [0.4, 0.5) is 5.95 Å². The summed E-state index contributed by atoms with van der Waals surface area (Å²) < 4.78 is 1.59. The van der Waals surface area contributed by atoms with Gasteiger partial charge in [0.05, 0.1) is 22.3 Å². The molecule has 0 spiro atoms. The molecule has 0 radical (unpaired) electrons. The molecule has 0 bridgehead atoms. The molecule has 0 aliphatic carbocycles. The maximum Gasteiger partial charge on any atom is 0.266 e. The molecule has 33 heavy (non-hydrogen) atoms. The van der Waals surface area contributed by atoms with E-state index in [2.05, 4.69) is 14.9 Å². The summed E-state index contributed by atoms with van der Waals surface area (Å²) in [6.45, 7) is 2.58. The number of nitrogens with zero attached hydrogens (tertiary/aromatic N) is 6. The number of aromatic nitrogens is 4. The van der Waals surface area contributed by atoms with Gasteiger partial charge in [0.15, 0.2) is 5.16 Å². The fourth-order valence-electron chi connectivity index (χ4n) is 3.84. The van der Waals surface area contributed by atoms with Crippen molar-refractivity contribution in [2.75, 3.05) is 36.8 Å². The molecule has 2 aromatic heterocycles. The zero-order valence-electron chi connectivity index (χ0n) is 17.9. The topological polar surface area (TPSA) is 84.2 Å². The van der Waals surface area contributed by atoms with Gasteiger partial charge in [0, 0.05) is 38.6 Å². The molecule has 166 valence electrons. The Kier molecular flexibility index (Phi) is 6.03. The molecule has 8 nitrogen and oxygen atoms in total. The number of hydrogen-bond acceptors (Lipinski definition) is 7. The van der Waals surface area contributed by atoms with Crippen LogP contribution in [0.15, 0.2) is 83.0 Å². The smallest absolute Gasteiger partial charge is 0.266 e. The second-order valence-electron chi connectivity index (χ2n) is 7.59. The van der Waals surface area contributed by atoms with Crippen LogP contribution >= 0.6 is 11.8 Å². The maximum absolute atomic E-state index is 13.3.